The zero-order valence-electron chi connectivity index (χ0n) is 14.3. The number of nitrogens with zero attached hydrogens (tertiary/aromatic N) is 3. The Morgan fingerprint density at radius 2 is 1.96 bits per heavy atom. The van der Waals surface area contributed by atoms with E-state index in [1.165, 1.54) is 23.1 Å². The van der Waals surface area contributed by atoms with Crippen LogP contribution in [0, 0.1) is 0 Å². The van der Waals surface area contributed by atoms with Crippen molar-refractivity contribution in [1.82, 2.24) is 20.8 Å². The first-order valence-electron chi connectivity index (χ1n) is 7.70. The average Bonchev–Trinajstić information content (AvgIpc) is 2.94. The molecule has 2 heterocycles. The highest BCUT2D eigenvalue weighted by Crippen LogP contribution is 2.31. The normalized spacial score (nSPS) is 16.6. The first-order valence-corrected chi connectivity index (χ1v) is 9.40. The van der Waals surface area contributed by atoms with Crippen LogP contribution >= 0.6 is 23.1 Å². The molecule has 1 aromatic heterocycles. The van der Waals surface area contributed by atoms with E-state index in [9.17, 15) is 9.59 Å². The van der Waals surface area contributed by atoms with E-state index in [0.717, 1.165) is 18.2 Å². The van der Waals surface area contributed by atoms with Gasteiger partial charge in [0.1, 0.15) is 0 Å². The van der Waals surface area contributed by atoms with Gasteiger partial charge in [0.25, 0.3) is 0 Å². The molecule has 1 aliphatic rings. The fourth-order valence-corrected chi connectivity index (χ4v) is 3.96. The predicted molar refractivity (Wildman–Crippen MR) is 94.7 cm³/mol. The third-order valence-electron chi connectivity index (χ3n) is 3.05. The highest BCUT2D eigenvalue weighted by Gasteiger charge is 2.22. The molecule has 10 heteroatoms. The summed E-state index contributed by atoms with van der Waals surface area (Å²) in [7, 11) is 0. The van der Waals surface area contributed by atoms with Crippen molar-refractivity contribution in [2.75, 3.05) is 31.2 Å². The Morgan fingerprint density at radius 1 is 1.29 bits per heavy atom. The van der Waals surface area contributed by atoms with Crippen LogP contribution in [0.25, 0.3) is 0 Å². The van der Waals surface area contributed by atoms with Gasteiger partial charge in [0, 0.05) is 18.6 Å². The predicted octanol–water partition coefficient (Wildman–Crippen LogP) is 1.48. The minimum atomic E-state index is -0.494. The van der Waals surface area contributed by atoms with Crippen LogP contribution in [0.15, 0.2) is 4.34 Å². The van der Waals surface area contributed by atoms with E-state index in [1.807, 2.05) is 20.8 Å². The van der Waals surface area contributed by atoms with Gasteiger partial charge < -0.3 is 15.0 Å². The number of ether oxygens (including phenoxy) is 1. The molecule has 2 rings (SSSR count). The number of carbonyl (C=O) groups is 2. The number of aromatic nitrogens is 2. The van der Waals surface area contributed by atoms with Crippen molar-refractivity contribution in [3.63, 3.8) is 0 Å². The smallest absolute Gasteiger partial charge is 0.321 e. The van der Waals surface area contributed by atoms with Crippen molar-refractivity contribution in [1.29, 1.82) is 0 Å². The summed E-state index contributed by atoms with van der Waals surface area (Å²) in [5, 5.41) is 13.7. The maximum absolute atomic E-state index is 12.1. The Bertz CT molecular complexity index is 581. The third kappa shape index (κ3) is 5.91. The Labute approximate surface area is 149 Å². The second-order valence-corrected chi connectivity index (χ2v) is 8.95. The fraction of sp³-hybridized carbons (Fsp3) is 0.714. The maximum Gasteiger partial charge on any atom is 0.321 e. The van der Waals surface area contributed by atoms with Gasteiger partial charge in [-0.05, 0) is 27.7 Å². The Kier molecular flexibility index (Phi) is 6.41. The number of amides is 3. The molecule has 0 spiro atoms. The number of urea groups is 1. The van der Waals surface area contributed by atoms with Crippen LogP contribution in [-0.4, -0.2) is 59.2 Å². The molecular formula is C14H23N5O3S2. The van der Waals surface area contributed by atoms with Crippen molar-refractivity contribution in [3.8, 4) is 0 Å². The molecule has 1 saturated heterocycles. The van der Waals surface area contributed by atoms with Crippen molar-refractivity contribution < 1.29 is 14.3 Å². The molecule has 1 aliphatic heterocycles. The van der Waals surface area contributed by atoms with Crippen LogP contribution in [-0.2, 0) is 9.53 Å². The number of carbonyl (C=O) groups excluding carboxylic acids is 2. The third-order valence-corrected chi connectivity index (χ3v) is 5.22. The van der Waals surface area contributed by atoms with Gasteiger partial charge in [-0.15, -0.1) is 10.2 Å². The second kappa shape index (κ2) is 8.13. The first kappa shape index (κ1) is 18.9. The van der Waals surface area contributed by atoms with Gasteiger partial charge in [0.2, 0.25) is 11.0 Å². The highest BCUT2D eigenvalue weighted by molar-refractivity contribution is 8.02. The number of thioether (sulfide) groups is 1. The van der Waals surface area contributed by atoms with Crippen molar-refractivity contribution in [3.05, 3.63) is 0 Å². The largest absolute Gasteiger partial charge is 0.378 e. The summed E-state index contributed by atoms with van der Waals surface area (Å²) < 4.78 is 6.02. The minimum absolute atomic E-state index is 0.357. The van der Waals surface area contributed by atoms with E-state index >= 15 is 0 Å². The molecule has 2 N–H and O–H groups in total. The number of hydrogen-bond donors (Lipinski definition) is 2. The lowest BCUT2D eigenvalue weighted by Crippen LogP contribution is -2.49. The highest BCUT2D eigenvalue weighted by atomic mass is 32.2. The zero-order valence-corrected chi connectivity index (χ0v) is 15.9. The zero-order chi connectivity index (χ0) is 17.7. The minimum Gasteiger partial charge on any atom is -0.378 e. The van der Waals surface area contributed by atoms with Crippen LogP contribution in [0.5, 0.6) is 0 Å². The van der Waals surface area contributed by atoms with Crippen molar-refractivity contribution in [2.45, 2.75) is 42.8 Å². The maximum atomic E-state index is 12.1. The fourth-order valence-electron chi connectivity index (χ4n) is 1.92. The van der Waals surface area contributed by atoms with Gasteiger partial charge in [-0.2, -0.15) is 0 Å². The number of morpholine rings is 1. The molecule has 134 valence electrons. The lowest BCUT2D eigenvalue weighted by Gasteiger charge is -2.25. The molecule has 3 amide bonds. The van der Waals surface area contributed by atoms with Gasteiger partial charge in [0.05, 0.1) is 18.5 Å². The second-order valence-electron chi connectivity index (χ2n) is 6.40. The molecule has 0 aliphatic carbocycles. The van der Waals surface area contributed by atoms with E-state index in [0.29, 0.717) is 17.6 Å². The van der Waals surface area contributed by atoms with E-state index in [2.05, 4.69) is 25.7 Å². The SMILES string of the molecule is CC(Sc1nnc(N2CCOCC2)s1)C(=O)NC(=O)NC(C)(C)C. The van der Waals surface area contributed by atoms with E-state index < -0.39 is 16.8 Å². The van der Waals surface area contributed by atoms with Crippen molar-refractivity contribution in [2.24, 2.45) is 0 Å². The van der Waals surface area contributed by atoms with Gasteiger partial charge in [0.15, 0.2) is 4.34 Å². The van der Waals surface area contributed by atoms with E-state index in [1.54, 1.807) is 6.92 Å². The molecule has 0 radical (unpaired) electrons. The molecule has 1 aromatic rings. The quantitative estimate of drug-likeness (QED) is 0.772. The van der Waals surface area contributed by atoms with Crippen LogP contribution in [0.1, 0.15) is 27.7 Å². The van der Waals surface area contributed by atoms with E-state index in [-0.39, 0.29) is 5.91 Å². The van der Waals surface area contributed by atoms with Gasteiger partial charge in [-0.3, -0.25) is 10.1 Å². The summed E-state index contributed by atoms with van der Waals surface area (Å²) in [6.07, 6.45) is 0. The molecule has 24 heavy (non-hydrogen) atoms. The first-order chi connectivity index (χ1) is 11.2. The number of hydrogen-bond acceptors (Lipinski definition) is 8. The molecule has 0 bridgehead atoms. The number of imide groups is 1. The molecular weight excluding hydrogens is 350 g/mol. The summed E-state index contributed by atoms with van der Waals surface area (Å²) in [4.78, 5) is 25.9. The topological polar surface area (TPSA) is 96.4 Å². The van der Waals surface area contributed by atoms with Crippen LogP contribution in [0.2, 0.25) is 0 Å². The Balaban J connectivity index is 1.85. The lowest BCUT2D eigenvalue weighted by atomic mass is 10.1. The Hall–Kier alpha value is -1.39. The molecule has 1 atom stereocenters. The van der Waals surface area contributed by atoms with Crippen molar-refractivity contribution >= 4 is 40.2 Å². The molecule has 1 unspecified atom stereocenters. The summed E-state index contributed by atoms with van der Waals surface area (Å²) in [6.45, 7) is 10.2. The number of anilines is 1. The van der Waals surface area contributed by atoms with Crippen LogP contribution < -0.4 is 15.5 Å². The van der Waals surface area contributed by atoms with Crippen LogP contribution in [0.4, 0.5) is 9.93 Å². The van der Waals surface area contributed by atoms with Crippen LogP contribution in [0.3, 0.4) is 0 Å². The standard InChI is InChI=1S/C14H23N5O3S2/c1-9(10(20)15-11(21)16-14(2,3)4)23-13-18-17-12(24-13)19-5-7-22-8-6-19/h9H,5-8H2,1-4H3,(H2,15,16,20,21). The summed E-state index contributed by atoms with van der Waals surface area (Å²) in [5.41, 5.74) is -0.396. The molecule has 8 nitrogen and oxygen atoms in total. The van der Waals surface area contributed by atoms with Gasteiger partial charge in [-0.1, -0.05) is 23.1 Å². The van der Waals surface area contributed by atoms with Gasteiger partial charge in [-0.25, -0.2) is 4.79 Å². The average molecular weight is 374 g/mol. The monoisotopic (exact) mass is 373 g/mol. The number of nitrogens with one attached hydrogen (secondary N) is 2. The Morgan fingerprint density at radius 3 is 2.58 bits per heavy atom. The summed E-state index contributed by atoms with van der Waals surface area (Å²) in [5.74, 6) is -0.357. The molecule has 0 aromatic carbocycles. The number of rotatable bonds is 4. The lowest BCUT2D eigenvalue weighted by molar-refractivity contribution is -0.119. The van der Waals surface area contributed by atoms with E-state index in [4.69, 9.17) is 4.74 Å². The summed E-state index contributed by atoms with van der Waals surface area (Å²) >= 11 is 2.74. The molecule has 1 fully saturated rings. The molecule has 0 saturated carbocycles. The van der Waals surface area contributed by atoms with Gasteiger partial charge >= 0.3 is 6.03 Å². The summed E-state index contributed by atoms with van der Waals surface area (Å²) in [6, 6.07) is -0.494.